The molecule has 2 aromatic rings. The molecule has 3 rings (SSSR count). The van der Waals surface area contributed by atoms with Crippen molar-refractivity contribution in [2.24, 2.45) is 5.92 Å². The highest BCUT2D eigenvalue weighted by Gasteiger charge is 2.21. The summed E-state index contributed by atoms with van der Waals surface area (Å²) in [6, 6.07) is 11.9. The van der Waals surface area contributed by atoms with E-state index >= 15 is 0 Å². The van der Waals surface area contributed by atoms with Gasteiger partial charge in [-0.15, -0.1) is 11.3 Å². The van der Waals surface area contributed by atoms with Crippen LogP contribution in [0.25, 0.3) is 0 Å². The average Bonchev–Trinajstić information content (AvgIpc) is 3.08. The van der Waals surface area contributed by atoms with Crippen molar-refractivity contribution in [2.75, 3.05) is 13.2 Å². The third-order valence-corrected chi connectivity index (χ3v) is 6.06. The quantitative estimate of drug-likeness (QED) is 0.782. The van der Waals surface area contributed by atoms with Crippen LogP contribution in [0, 0.1) is 5.92 Å². The molecule has 0 saturated heterocycles. The predicted molar refractivity (Wildman–Crippen MR) is 104 cm³/mol. The van der Waals surface area contributed by atoms with E-state index in [9.17, 15) is 9.59 Å². The summed E-state index contributed by atoms with van der Waals surface area (Å²) in [6.07, 6.45) is 3.23. The fourth-order valence-corrected chi connectivity index (χ4v) is 4.33. The Hall–Kier alpha value is -2.14. The first-order valence-electron chi connectivity index (χ1n) is 9.13. The van der Waals surface area contributed by atoms with Gasteiger partial charge in [0.25, 0.3) is 5.91 Å². The molecule has 0 unspecified atom stereocenters. The van der Waals surface area contributed by atoms with E-state index in [2.05, 4.69) is 19.2 Å². The lowest BCUT2D eigenvalue weighted by Gasteiger charge is -2.16. The van der Waals surface area contributed by atoms with E-state index in [4.69, 9.17) is 4.74 Å². The molecule has 5 heteroatoms. The van der Waals surface area contributed by atoms with Crippen molar-refractivity contribution in [3.8, 4) is 0 Å². The molecule has 0 spiro atoms. The fraction of sp³-hybridized carbons (Fsp3) is 0.429. The highest BCUT2D eigenvalue weighted by atomic mass is 32.1. The number of esters is 1. The van der Waals surface area contributed by atoms with Crippen LogP contribution in [0.5, 0.6) is 0 Å². The van der Waals surface area contributed by atoms with Crippen LogP contribution >= 0.6 is 11.3 Å². The lowest BCUT2D eigenvalue weighted by atomic mass is 9.90. The molecule has 1 aliphatic rings. The number of aryl methyl sites for hydroxylation is 1. The second kappa shape index (κ2) is 8.49. The van der Waals surface area contributed by atoms with E-state index in [1.807, 2.05) is 36.4 Å². The average molecular weight is 372 g/mol. The van der Waals surface area contributed by atoms with Crippen LogP contribution in [0.2, 0.25) is 0 Å². The highest BCUT2D eigenvalue weighted by Crippen LogP contribution is 2.32. The van der Waals surface area contributed by atoms with E-state index in [1.54, 1.807) is 0 Å². The van der Waals surface area contributed by atoms with E-state index in [1.165, 1.54) is 33.8 Å². The van der Waals surface area contributed by atoms with Crippen molar-refractivity contribution in [3.05, 3.63) is 57.3 Å². The van der Waals surface area contributed by atoms with Gasteiger partial charge >= 0.3 is 5.97 Å². The van der Waals surface area contributed by atoms with E-state index < -0.39 is 5.97 Å². The van der Waals surface area contributed by atoms with Crippen molar-refractivity contribution in [3.63, 3.8) is 0 Å². The second-order valence-electron chi connectivity index (χ2n) is 7.10. The Balaban J connectivity index is 1.45. The maximum Gasteiger partial charge on any atom is 0.348 e. The molecule has 0 fully saturated rings. The van der Waals surface area contributed by atoms with Gasteiger partial charge in [0, 0.05) is 11.4 Å². The van der Waals surface area contributed by atoms with Crippen LogP contribution in [-0.4, -0.2) is 25.0 Å². The number of rotatable bonds is 6. The first-order valence-corrected chi connectivity index (χ1v) is 9.95. The number of carbonyl (C=O) groups is 2. The lowest BCUT2D eigenvalue weighted by Crippen LogP contribution is -2.31. The monoisotopic (exact) mass is 371 g/mol. The van der Waals surface area contributed by atoms with E-state index in [0.29, 0.717) is 17.3 Å². The van der Waals surface area contributed by atoms with Gasteiger partial charge < -0.3 is 10.1 Å². The summed E-state index contributed by atoms with van der Waals surface area (Å²) in [5, 5.41) is 2.83. The van der Waals surface area contributed by atoms with Gasteiger partial charge in [-0.3, -0.25) is 4.79 Å². The van der Waals surface area contributed by atoms with Crippen molar-refractivity contribution in [2.45, 2.75) is 39.0 Å². The summed E-state index contributed by atoms with van der Waals surface area (Å²) in [4.78, 5) is 26.1. The third kappa shape index (κ3) is 4.73. The molecule has 1 aromatic carbocycles. The fourth-order valence-electron chi connectivity index (χ4n) is 3.23. The largest absolute Gasteiger partial charge is 0.451 e. The minimum Gasteiger partial charge on any atom is -0.451 e. The number of carbonyl (C=O) groups excluding carboxylic acids is 2. The summed E-state index contributed by atoms with van der Waals surface area (Å²) >= 11 is 1.51. The Bertz CT molecular complexity index is 769. The predicted octanol–water partition coefficient (Wildman–Crippen LogP) is 3.95. The van der Waals surface area contributed by atoms with Gasteiger partial charge in [-0.05, 0) is 48.3 Å². The van der Waals surface area contributed by atoms with Crippen LogP contribution in [-0.2, 0) is 22.4 Å². The molecule has 0 saturated carbocycles. The maximum atomic E-state index is 12.2. The zero-order valence-electron chi connectivity index (χ0n) is 15.3. The molecule has 0 radical (unpaired) electrons. The summed E-state index contributed by atoms with van der Waals surface area (Å²) in [5.41, 5.74) is 2.44. The summed E-state index contributed by atoms with van der Waals surface area (Å²) < 4.78 is 5.19. The van der Waals surface area contributed by atoms with Gasteiger partial charge in [-0.1, -0.05) is 44.2 Å². The summed E-state index contributed by atoms with van der Waals surface area (Å²) in [7, 11) is 0. The SMILES string of the molecule is C[C@H]1CCc2sc(C(=O)OCC(=O)NC[C@@H](C)c3ccccc3)cc2C1. The van der Waals surface area contributed by atoms with E-state index in [-0.39, 0.29) is 18.4 Å². The lowest BCUT2D eigenvalue weighted by molar-refractivity contribution is -0.124. The number of thiophene rings is 1. The molecule has 1 aliphatic carbocycles. The summed E-state index contributed by atoms with van der Waals surface area (Å²) in [6.45, 7) is 4.57. The molecule has 138 valence electrons. The molecule has 26 heavy (non-hydrogen) atoms. The van der Waals surface area contributed by atoms with Crippen molar-refractivity contribution in [1.29, 1.82) is 0 Å². The highest BCUT2D eigenvalue weighted by molar-refractivity contribution is 7.14. The van der Waals surface area contributed by atoms with Gasteiger partial charge in [0.05, 0.1) is 0 Å². The number of ether oxygens (including phenoxy) is 1. The molecule has 1 N–H and O–H groups in total. The number of hydrogen-bond acceptors (Lipinski definition) is 4. The Kier molecular flexibility index (Phi) is 6.09. The van der Waals surface area contributed by atoms with E-state index in [0.717, 1.165) is 12.8 Å². The van der Waals surface area contributed by atoms with Crippen molar-refractivity contribution >= 4 is 23.2 Å². The Morgan fingerprint density at radius 2 is 2.08 bits per heavy atom. The van der Waals surface area contributed by atoms with Gasteiger partial charge in [0.15, 0.2) is 6.61 Å². The molecule has 1 amide bonds. The number of hydrogen-bond donors (Lipinski definition) is 1. The number of fused-ring (bicyclic) bond motifs is 1. The zero-order chi connectivity index (χ0) is 18.5. The molecular weight excluding hydrogens is 346 g/mol. The first kappa shape index (κ1) is 18.6. The van der Waals surface area contributed by atoms with Gasteiger partial charge in [0.1, 0.15) is 4.88 Å². The number of benzene rings is 1. The topological polar surface area (TPSA) is 55.4 Å². The number of nitrogens with one attached hydrogen (secondary N) is 1. The van der Waals surface area contributed by atoms with Gasteiger partial charge in [0.2, 0.25) is 0 Å². The standard InChI is InChI=1S/C21H25NO3S/c1-14-8-9-18-17(10-14)11-19(26-18)21(24)25-13-20(23)22-12-15(2)16-6-4-3-5-7-16/h3-7,11,14-15H,8-10,12-13H2,1-2H3,(H,22,23)/t14-,15+/m0/s1. The first-order chi connectivity index (χ1) is 12.5. The zero-order valence-corrected chi connectivity index (χ0v) is 16.1. The molecule has 2 atom stereocenters. The van der Waals surface area contributed by atoms with Crippen molar-refractivity contribution < 1.29 is 14.3 Å². The van der Waals surface area contributed by atoms with Crippen LogP contribution in [0.1, 0.15) is 51.9 Å². The van der Waals surface area contributed by atoms with Crippen molar-refractivity contribution in [1.82, 2.24) is 5.32 Å². The normalized spacial score (nSPS) is 17.2. The van der Waals surface area contributed by atoms with Crippen LogP contribution in [0.4, 0.5) is 0 Å². The van der Waals surface area contributed by atoms with Gasteiger partial charge in [-0.2, -0.15) is 0 Å². The molecular formula is C21H25NO3S. The van der Waals surface area contributed by atoms with Crippen LogP contribution < -0.4 is 5.32 Å². The van der Waals surface area contributed by atoms with Crippen LogP contribution in [0.15, 0.2) is 36.4 Å². The smallest absolute Gasteiger partial charge is 0.348 e. The van der Waals surface area contributed by atoms with Gasteiger partial charge in [-0.25, -0.2) is 4.79 Å². The molecule has 0 aliphatic heterocycles. The third-order valence-electron chi connectivity index (χ3n) is 4.84. The molecule has 1 heterocycles. The van der Waals surface area contributed by atoms with Crippen LogP contribution in [0.3, 0.4) is 0 Å². The maximum absolute atomic E-state index is 12.2. The molecule has 4 nitrogen and oxygen atoms in total. The Morgan fingerprint density at radius 1 is 1.31 bits per heavy atom. The number of amides is 1. The minimum absolute atomic E-state index is 0.210. The Labute approximate surface area is 158 Å². The second-order valence-corrected chi connectivity index (χ2v) is 8.24. The molecule has 0 bridgehead atoms. The Morgan fingerprint density at radius 3 is 2.85 bits per heavy atom. The minimum atomic E-state index is -0.400. The molecule has 1 aromatic heterocycles. The summed E-state index contributed by atoms with van der Waals surface area (Å²) in [5.74, 6) is 0.208.